The Morgan fingerprint density at radius 1 is 1.00 bits per heavy atom. The van der Waals surface area contributed by atoms with Gasteiger partial charge in [0, 0.05) is 6.42 Å². The first-order chi connectivity index (χ1) is 13.4. The summed E-state index contributed by atoms with van der Waals surface area (Å²) in [6.07, 6.45) is 1.46. The second-order valence-electron chi connectivity index (χ2n) is 8.09. The molecule has 3 nitrogen and oxygen atoms in total. The van der Waals surface area contributed by atoms with Gasteiger partial charge in [-0.15, -0.1) is 0 Å². The zero-order valence-corrected chi connectivity index (χ0v) is 17.3. The van der Waals surface area contributed by atoms with Crippen molar-refractivity contribution in [1.82, 2.24) is 0 Å². The lowest BCUT2D eigenvalue weighted by molar-refractivity contribution is -0.162. The zero-order chi connectivity index (χ0) is 20.1. The fourth-order valence-corrected chi connectivity index (χ4v) is 3.35. The highest BCUT2D eigenvalue weighted by Crippen LogP contribution is 2.29. The molecule has 0 aliphatic heterocycles. The number of carbonyl (C=O) groups excluding carboxylic acids is 1. The summed E-state index contributed by atoms with van der Waals surface area (Å²) in [5.74, 6) is -0.197. The number of carbonyl (C=O) groups is 1. The molecule has 0 bridgehead atoms. The molecule has 28 heavy (non-hydrogen) atoms. The maximum atomic E-state index is 12.1. The number of hydrogen-bond acceptors (Lipinski definition) is 3. The third-order valence-corrected chi connectivity index (χ3v) is 5.35. The molecule has 1 unspecified atom stereocenters. The summed E-state index contributed by atoms with van der Waals surface area (Å²) in [6.45, 7) is 8.88. The largest absolute Gasteiger partial charge is 0.459 e. The maximum Gasteiger partial charge on any atom is 0.309 e. The first-order valence-corrected chi connectivity index (χ1v) is 10.1. The van der Waals surface area contributed by atoms with E-state index in [-0.39, 0.29) is 11.9 Å². The summed E-state index contributed by atoms with van der Waals surface area (Å²) in [4.78, 5) is 12.1. The fourth-order valence-electron chi connectivity index (χ4n) is 3.35. The Bertz CT molecular complexity index is 958. The lowest BCUT2D eigenvalue weighted by Crippen LogP contribution is -2.32. The van der Waals surface area contributed by atoms with Crippen molar-refractivity contribution in [3.05, 3.63) is 60.2 Å². The SMILES string of the molecule is CCC(C)C(=O)OC(C)(C)CCOCc1cccc2ccc3ccccc3c12. The van der Waals surface area contributed by atoms with E-state index in [4.69, 9.17) is 9.47 Å². The summed E-state index contributed by atoms with van der Waals surface area (Å²) < 4.78 is 11.6. The average Bonchev–Trinajstić information content (AvgIpc) is 2.70. The molecule has 148 valence electrons. The van der Waals surface area contributed by atoms with Crippen molar-refractivity contribution < 1.29 is 14.3 Å². The highest BCUT2D eigenvalue weighted by molar-refractivity contribution is 6.09. The molecule has 0 radical (unpaired) electrons. The predicted molar refractivity (Wildman–Crippen MR) is 115 cm³/mol. The molecule has 0 aliphatic carbocycles. The highest BCUT2D eigenvalue weighted by atomic mass is 16.6. The molecular formula is C25H30O3. The van der Waals surface area contributed by atoms with Crippen molar-refractivity contribution in [2.45, 2.75) is 52.7 Å². The highest BCUT2D eigenvalue weighted by Gasteiger charge is 2.25. The third-order valence-electron chi connectivity index (χ3n) is 5.35. The van der Waals surface area contributed by atoms with Crippen molar-refractivity contribution in [2.24, 2.45) is 5.92 Å². The molecule has 0 fully saturated rings. The minimum absolute atomic E-state index is 0.0656. The minimum atomic E-state index is -0.522. The van der Waals surface area contributed by atoms with E-state index in [0.29, 0.717) is 19.6 Å². The van der Waals surface area contributed by atoms with Gasteiger partial charge in [-0.2, -0.15) is 0 Å². The van der Waals surface area contributed by atoms with Gasteiger partial charge in [-0.1, -0.05) is 68.4 Å². The van der Waals surface area contributed by atoms with E-state index in [1.807, 2.05) is 27.7 Å². The average molecular weight is 379 g/mol. The van der Waals surface area contributed by atoms with Crippen LogP contribution in [0.1, 0.15) is 46.1 Å². The van der Waals surface area contributed by atoms with Crippen molar-refractivity contribution in [1.29, 1.82) is 0 Å². The van der Waals surface area contributed by atoms with E-state index >= 15 is 0 Å². The number of fused-ring (bicyclic) bond motifs is 3. The summed E-state index contributed by atoms with van der Waals surface area (Å²) in [5.41, 5.74) is 0.662. The Hall–Kier alpha value is -2.39. The molecule has 0 aromatic heterocycles. The molecule has 1 atom stereocenters. The van der Waals surface area contributed by atoms with E-state index < -0.39 is 5.60 Å². The van der Waals surface area contributed by atoms with E-state index in [9.17, 15) is 4.79 Å². The van der Waals surface area contributed by atoms with Gasteiger partial charge in [0.2, 0.25) is 0 Å². The van der Waals surface area contributed by atoms with Crippen molar-refractivity contribution in [3.8, 4) is 0 Å². The summed E-state index contributed by atoms with van der Waals surface area (Å²) in [5, 5.41) is 4.97. The van der Waals surface area contributed by atoms with Gasteiger partial charge >= 0.3 is 5.97 Å². The lowest BCUT2D eigenvalue weighted by Gasteiger charge is -2.26. The Kier molecular flexibility index (Phi) is 6.35. The molecule has 0 spiro atoms. The van der Waals surface area contributed by atoms with Gasteiger partial charge in [0.1, 0.15) is 5.60 Å². The van der Waals surface area contributed by atoms with Crippen molar-refractivity contribution in [2.75, 3.05) is 6.61 Å². The second kappa shape index (κ2) is 8.74. The normalized spacial score (nSPS) is 13.0. The van der Waals surface area contributed by atoms with E-state index in [1.165, 1.54) is 27.1 Å². The Balaban J connectivity index is 1.66. The quantitative estimate of drug-likeness (QED) is 0.263. The number of ether oxygens (including phenoxy) is 2. The van der Waals surface area contributed by atoms with Gasteiger partial charge in [0.05, 0.1) is 19.1 Å². The molecule has 0 amide bonds. The van der Waals surface area contributed by atoms with E-state index in [1.54, 1.807) is 0 Å². The first-order valence-electron chi connectivity index (χ1n) is 10.1. The van der Waals surface area contributed by atoms with Gasteiger partial charge < -0.3 is 9.47 Å². The molecule has 3 aromatic carbocycles. The molecule has 3 aromatic rings. The Morgan fingerprint density at radius 3 is 2.50 bits per heavy atom. The number of esters is 1. The number of benzene rings is 3. The van der Waals surface area contributed by atoms with E-state index in [0.717, 1.165) is 6.42 Å². The minimum Gasteiger partial charge on any atom is -0.459 e. The topological polar surface area (TPSA) is 35.5 Å². The maximum absolute atomic E-state index is 12.1. The monoisotopic (exact) mass is 378 g/mol. The van der Waals surface area contributed by atoms with E-state index in [2.05, 4.69) is 54.6 Å². The van der Waals surface area contributed by atoms with Crippen LogP contribution in [-0.2, 0) is 20.9 Å². The van der Waals surface area contributed by atoms with Crippen LogP contribution >= 0.6 is 0 Å². The molecule has 3 heteroatoms. The lowest BCUT2D eigenvalue weighted by atomic mass is 9.98. The molecule has 3 rings (SSSR count). The smallest absolute Gasteiger partial charge is 0.309 e. The Morgan fingerprint density at radius 2 is 1.71 bits per heavy atom. The van der Waals surface area contributed by atoms with Crippen LogP contribution in [-0.4, -0.2) is 18.2 Å². The fraction of sp³-hybridized carbons (Fsp3) is 0.400. The van der Waals surface area contributed by atoms with Crippen LogP contribution in [0.2, 0.25) is 0 Å². The summed E-state index contributed by atoms with van der Waals surface area (Å²) >= 11 is 0. The number of hydrogen-bond donors (Lipinski definition) is 0. The summed E-state index contributed by atoms with van der Waals surface area (Å²) in [7, 11) is 0. The Labute approximate surface area is 167 Å². The predicted octanol–water partition coefficient (Wildman–Crippen LogP) is 6.27. The van der Waals surface area contributed by atoms with Gasteiger partial charge in [0.15, 0.2) is 0 Å². The van der Waals surface area contributed by atoms with Gasteiger partial charge in [-0.3, -0.25) is 4.79 Å². The van der Waals surface area contributed by atoms with Gasteiger partial charge in [-0.05, 0) is 47.4 Å². The van der Waals surface area contributed by atoms with Crippen LogP contribution < -0.4 is 0 Å². The molecule has 0 saturated heterocycles. The molecule has 0 heterocycles. The van der Waals surface area contributed by atoms with Gasteiger partial charge in [-0.25, -0.2) is 0 Å². The third kappa shape index (κ3) is 4.71. The first kappa shape index (κ1) is 20.3. The standard InChI is InChI=1S/C25H30O3/c1-5-18(2)24(26)28-25(3,4)15-16-27-17-21-11-8-10-20-14-13-19-9-6-7-12-22(19)23(20)21/h6-14,18H,5,15-17H2,1-4H3. The van der Waals surface area contributed by atoms with Crippen LogP contribution in [0.25, 0.3) is 21.5 Å². The van der Waals surface area contributed by atoms with Crippen molar-refractivity contribution in [3.63, 3.8) is 0 Å². The molecular weight excluding hydrogens is 348 g/mol. The van der Waals surface area contributed by atoms with Crippen molar-refractivity contribution >= 4 is 27.5 Å². The van der Waals surface area contributed by atoms with Gasteiger partial charge in [0.25, 0.3) is 0 Å². The molecule has 0 N–H and O–H groups in total. The van der Waals surface area contributed by atoms with Crippen LogP contribution in [0.3, 0.4) is 0 Å². The zero-order valence-electron chi connectivity index (χ0n) is 17.3. The van der Waals surface area contributed by atoms with Crippen LogP contribution in [0, 0.1) is 5.92 Å². The van der Waals surface area contributed by atoms with Crippen LogP contribution in [0.15, 0.2) is 54.6 Å². The molecule has 0 aliphatic rings. The van der Waals surface area contributed by atoms with Crippen LogP contribution in [0.5, 0.6) is 0 Å². The molecule has 0 saturated carbocycles. The second-order valence-corrected chi connectivity index (χ2v) is 8.09. The summed E-state index contributed by atoms with van der Waals surface area (Å²) in [6, 6.07) is 19.1. The number of rotatable bonds is 8. The van der Waals surface area contributed by atoms with Crippen LogP contribution in [0.4, 0.5) is 0 Å².